The lowest BCUT2D eigenvalue weighted by Crippen LogP contribution is -2.44. The number of halogens is 1. The fraction of sp³-hybridized carbons (Fsp3) is 0.333. The minimum Gasteiger partial charge on any atom is -0.469 e. The molecule has 0 bridgehead atoms. The van der Waals surface area contributed by atoms with Gasteiger partial charge in [-0.05, 0) is 42.9 Å². The highest BCUT2D eigenvalue weighted by Gasteiger charge is 2.15. The van der Waals surface area contributed by atoms with Gasteiger partial charge in [0, 0.05) is 37.6 Å². The third-order valence-corrected chi connectivity index (χ3v) is 5.16. The maximum atomic E-state index is 11.5. The Kier molecular flexibility index (Phi) is 6.21. The smallest absolute Gasteiger partial charge is 0.309 e. The topological polar surface area (TPSA) is 50.6 Å². The highest BCUT2D eigenvalue weighted by atomic mass is 35.5. The summed E-state index contributed by atoms with van der Waals surface area (Å²) in [5.74, 6) is -0.242. The van der Waals surface area contributed by atoms with E-state index in [0.717, 1.165) is 48.5 Å². The molecular formula is C21H25ClN4O2. The van der Waals surface area contributed by atoms with Gasteiger partial charge in [0.25, 0.3) is 0 Å². The van der Waals surface area contributed by atoms with Crippen LogP contribution in [0.15, 0.2) is 48.8 Å². The van der Waals surface area contributed by atoms with Crippen LogP contribution in [0.4, 0.5) is 5.69 Å². The van der Waals surface area contributed by atoms with Gasteiger partial charge >= 0.3 is 5.97 Å². The molecule has 6 nitrogen and oxygen atoms in total. The van der Waals surface area contributed by atoms with Crippen molar-refractivity contribution in [1.29, 1.82) is 0 Å². The molecule has 0 radical (unpaired) electrons. The molecule has 1 aliphatic heterocycles. The molecule has 1 saturated heterocycles. The number of imidazole rings is 1. The summed E-state index contributed by atoms with van der Waals surface area (Å²) in [6.07, 6.45) is 2.11. The van der Waals surface area contributed by atoms with E-state index in [1.54, 1.807) is 0 Å². The number of hydrogen-bond donors (Lipinski definition) is 0. The zero-order valence-electron chi connectivity index (χ0n) is 16.2. The summed E-state index contributed by atoms with van der Waals surface area (Å²) in [6.45, 7) is 4.26. The number of hydrogen-bond acceptors (Lipinski definition) is 5. The van der Waals surface area contributed by atoms with Crippen molar-refractivity contribution in [2.45, 2.75) is 6.42 Å². The summed E-state index contributed by atoms with van der Waals surface area (Å²) in [5.41, 5.74) is 5.14. The summed E-state index contributed by atoms with van der Waals surface area (Å²) in [4.78, 5) is 20.8. The van der Waals surface area contributed by atoms with Crippen LogP contribution in [0.2, 0.25) is 0 Å². The molecule has 0 spiro atoms. The lowest BCUT2D eigenvalue weighted by Gasteiger charge is -2.34. The summed E-state index contributed by atoms with van der Waals surface area (Å²) in [7, 11) is 3.57. The van der Waals surface area contributed by atoms with Gasteiger partial charge in [0.05, 0.1) is 24.6 Å². The number of methoxy groups -OCH3 is 1. The van der Waals surface area contributed by atoms with Gasteiger partial charge in [-0.3, -0.25) is 9.36 Å². The van der Waals surface area contributed by atoms with E-state index in [4.69, 9.17) is 4.74 Å². The molecule has 2 aromatic carbocycles. The van der Waals surface area contributed by atoms with E-state index in [-0.39, 0.29) is 24.8 Å². The maximum Gasteiger partial charge on any atom is 0.309 e. The van der Waals surface area contributed by atoms with Gasteiger partial charge in [-0.25, -0.2) is 4.98 Å². The van der Waals surface area contributed by atoms with Crippen molar-refractivity contribution < 1.29 is 9.53 Å². The van der Waals surface area contributed by atoms with Gasteiger partial charge in [-0.1, -0.05) is 12.1 Å². The molecule has 148 valence electrons. The zero-order chi connectivity index (χ0) is 18.8. The zero-order valence-corrected chi connectivity index (χ0v) is 17.0. The van der Waals surface area contributed by atoms with Crippen molar-refractivity contribution in [1.82, 2.24) is 14.5 Å². The fourth-order valence-corrected chi connectivity index (χ4v) is 3.52. The molecule has 1 fully saturated rings. The van der Waals surface area contributed by atoms with Crippen LogP contribution in [0, 0.1) is 0 Å². The van der Waals surface area contributed by atoms with Crippen LogP contribution in [-0.2, 0) is 16.0 Å². The Bertz CT molecular complexity index is 964. The number of anilines is 1. The molecule has 0 amide bonds. The molecule has 0 N–H and O–H groups in total. The van der Waals surface area contributed by atoms with E-state index in [1.165, 1.54) is 12.8 Å². The number of rotatable bonds is 4. The molecule has 1 aromatic heterocycles. The predicted octanol–water partition coefficient (Wildman–Crippen LogP) is 2.91. The summed E-state index contributed by atoms with van der Waals surface area (Å²) in [6, 6.07) is 14.5. The first kappa shape index (κ1) is 20.2. The van der Waals surface area contributed by atoms with Gasteiger partial charge in [-0.15, -0.1) is 12.4 Å². The molecule has 0 saturated carbocycles. The number of fused-ring (bicyclic) bond motifs is 1. The van der Waals surface area contributed by atoms with Crippen LogP contribution in [0.25, 0.3) is 16.7 Å². The fourth-order valence-electron chi connectivity index (χ4n) is 3.52. The number of likely N-dealkylation sites (N-methyl/N-ethyl adjacent to an activating group) is 1. The van der Waals surface area contributed by atoms with Gasteiger partial charge in [0.2, 0.25) is 0 Å². The molecule has 2 heterocycles. The van der Waals surface area contributed by atoms with E-state index in [2.05, 4.69) is 50.7 Å². The highest BCUT2D eigenvalue weighted by Crippen LogP contribution is 2.24. The van der Waals surface area contributed by atoms with Gasteiger partial charge < -0.3 is 14.5 Å². The van der Waals surface area contributed by atoms with Crippen LogP contribution in [0.1, 0.15) is 5.56 Å². The molecule has 0 atom stereocenters. The van der Waals surface area contributed by atoms with E-state index in [9.17, 15) is 4.79 Å². The number of esters is 1. The number of piperazine rings is 1. The average molecular weight is 401 g/mol. The van der Waals surface area contributed by atoms with Gasteiger partial charge in [0.1, 0.15) is 6.33 Å². The van der Waals surface area contributed by atoms with Crippen molar-refractivity contribution in [2.75, 3.05) is 45.2 Å². The second-order valence-electron chi connectivity index (χ2n) is 7.00. The van der Waals surface area contributed by atoms with Gasteiger partial charge in [0.15, 0.2) is 0 Å². The molecule has 0 aliphatic carbocycles. The SMILES string of the molecule is COC(=O)Cc1ccc2c(c1)ncn2-c1cccc(N2CCN(C)CC2)c1.Cl. The monoisotopic (exact) mass is 400 g/mol. The molecule has 0 unspecified atom stereocenters. The second-order valence-corrected chi connectivity index (χ2v) is 7.00. The number of nitrogens with zero attached hydrogens (tertiary/aromatic N) is 4. The first-order valence-electron chi connectivity index (χ1n) is 9.21. The lowest BCUT2D eigenvalue weighted by molar-refractivity contribution is -0.139. The van der Waals surface area contributed by atoms with E-state index < -0.39 is 0 Å². The molecule has 4 rings (SSSR count). The Labute approximate surface area is 171 Å². The van der Waals surface area contributed by atoms with Crippen molar-refractivity contribution >= 4 is 35.1 Å². The summed E-state index contributed by atoms with van der Waals surface area (Å²) >= 11 is 0. The summed E-state index contributed by atoms with van der Waals surface area (Å²) < 4.78 is 6.84. The third-order valence-electron chi connectivity index (χ3n) is 5.16. The second kappa shape index (κ2) is 8.63. The standard InChI is InChI=1S/C21H24N4O2.ClH/c1-23-8-10-24(11-9-23)17-4-3-5-18(14-17)25-15-22-19-12-16(6-7-20(19)25)13-21(26)27-2;/h3-7,12,14-15H,8-11,13H2,1-2H3;1H. The van der Waals surface area contributed by atoms with Gasteiger partial charge in [-0.2, -0.15) is 0 Å². The minimum atomic E-state index is -0.242. The van der Waals surface area contributed by atoms with Crippen molar-refractivity contribution in [3.05, 3.63) is 54.4 Å². The quantitative estimate of drug-likeness (QED) is 0.630. The number of benzene rings is 2. The molecular weight excluding hydrogens is 376 g/mol. The Morgan fingerprint density at radius 1 is 1.07 bits per heavy atom. The van der Waals surface area contributed by atoms with Crippen molar-refractivity contribution in [3.8, 4) is 5.69 Å². The maximum absolute atomic E-state index is 11.5. The normalized spacial score (nSPS) is 14.7. The Morgan fingerprint density at radius 2 is 1.82 bits per heavy atom. The van der Waals surface area contributed by atoms with Crippen LogP contribution >= 0.6 is 12.4 Å². The van der Waals surface area contributed by atoms with Crippen LogP contribution in [0.5, 0.6) is 0 Å². The van der Waals surface area contributed by atoms with Crippen molar-refractivity contribution in [3.63, 3.8) is 0 Å². The Morgan fingerprint density at radius 3 is 2.57 bits per heavy atom. The number of carbonyl (C=O) groups excluding carboxylic acids is 1. The van der Waals surface area contributed by atoms with E-state index >= 15 is 0 Å². The Hall–Kier alpha value is -2.57. The third kappa shape index (κ3) is 4.13. The lowest BCUT2D eigenvalue weighted by atomic mass is 10.1. The Balaban J connectivity index is 0.00000225. The first-order valence-corrected chi connectivity index (χ1v) is 9.21. The first-order chi connectivity index (χ1) is 13.1. The number of ether oxygens (including phenoxy) is 1. The largest absolute Gasteiger partial charge is 0.469 e. The molecule has 3 aromatic rings. The summed E-state index contributed by atoms with van der Waals surface area (Å²) in [5, 5.41) is 0. The van der Waals surface area contributed by atoms with Crippen LogP contribution in [-0.4, -0.2) is 60.8 Å². The predicted molar refractivity (Wildman–Crippen MR) is 114 cm³/mol. The highest BCUT2D eigenvalue weighted by molar-refractivity contribution is 5.85. The van der Waals surface area contributed by atoms with Crippen molar-refractivity contribution in [2.24, 2.45) is 0 Å². The minimum absolute atomic E-state index is 0. The number of aromatic nitrogens is 2. The van der Waals surface area contributed by atoms with Crippen LogP contribution < -0.4 is 4.90 Å². The van der Waals surface area contributed by atoms with Crippen LogP contribution in [0.3, 0.4) is 0 Å². The van der Waals surface area contributed by atoms with E-state index in [1.807, 2.05) is 24.5 Å². The molecule has 7 heteroatoms. The number of carbonyl (C=O) groups is 1. The van der Waals surface area contributed by atoms with E-state index in [0.29, 0.717) is 0 Å². The molecule has 1 aliphatic rings. The molecule has 28 heavy (non-hydrogen) atoms. The average Bonchev–Trinajstić information content (AvgIpc) is 3.12.